The lowest BCUT2D eigenvalue weighted by atomic mass is 10.1. The Morgan fingerprint density at radius 1 is 0.717 bits per heavy atom. The number of Topliss-reactive ketones (excluding diaryl/α,β-unsaturated/α-hetero) is 1. The molecule has 0 saturated carbocycles. The number of fused-ring (bicyclic) bond motifs is 1. The van der Waals surface area contributed by atoms with Crippen molar-refractivity contribution in [2.24, 2.45) is 7.05 Å². The van der Waals surface area contributed by atoms with Gasteiger partial charge in [0.25, 0.3) is 5.91 Å². The number of rotatable bonds is 7. The van der Waals surface area contributed by atoms with Crippen molar-refractivity contribution in [3.8, 4) is 11.1 Å². The lowest BCUT2D eigenvalue weighted by Crippen LogP contribution is -2.49. The Hall–Kier alpha value is -5.23. The summed E-state index contributed by atoms with van der Waals surface area (Å²) in [5.74, 6) is 2.01. The molecule has 0 bridgehead atoms. The molecule has 12 nitrogen and oxygen atoms in total. The molecule has 2 aliphatic heterocycles. The molecule has 2 saturated heterocycles. The second-order valence-electron chi connectivity index (χ2n) is 11.9. The molecule has 0 spiro atoms. The van der Waals surface area contributed by atoms with Gasteiger partial charge in [-0.1, -0.05) is 12.1 Å². The van der Waals surface area contributed by atoms with Gasteiger partial charge in [-0.15, -0.1) is 0 Å². The fourth-order valence-electron chi connectivity index (χ4n) is 5.96. The van der Waals surface area contributed by atoms with E-state index in [4.69, 9.17) is 4.98 Å². The number of likely N-dealkylation sites (N-methyl/N-ethyl adjacent to an activating group) is 1. The van der Waals surface area contributed by atoms with E-state index >= 15 is 0 Å². The number of aryl methyl sites for hydroxylation is 1. The molecule has 234 valence electrons. The maximum Gasteiger partial charge on any atom is 0.255 e. The van der Waals surface area contributed by atoms with Crippen LogP contribution in [0.4, 0.5) is 11.6 Å². The summed E-state index contributed by atoms with van der Waals surface area (Å²) in [6.45, 7) is 6.25. The summed E-state index contributed by atoms with van der Waals surface area (Å²) < 4.78 is 1.76. The number of anilines is 2. The first-order valence-corrected chi connectivity index (χ1v) is 15.6. The van der Waals surface area contributed by atoms with Crippen molar-refractivity contribution >= 4 is 34.2 Å². The monoisotopic (exact) mass is 616 g/mol. The zero-order valence-corrected chi connectivity index (χ0v) is 26.1. The maximum atomic E-state index is 13.3. The average molecular weight is 617 g/mol. The van der Waals surface area contributed by atoms with Crippen LogP contribution in [0.15, 0.2) is 73.4 Å². The quantitative estimate of drug-likeness (QED) is 0.253. The van der Waals surface area contributed by atoms with Crippen LogP contribution < -0.4 is 9.80 Å². The first-order chi connectivity index (χ1) is 22.4. The largest absolute Gasteiger partial charge is 0.354 e. The van der Waals surface area contributed by atoms with Crippen LogP contribution in [0.3, 0.4) is 0 Å². The molecular formula is C34H36N10O2. The van der Waals surface area contributed by atoms with Crippen molar-refractivity contribution in [3.05, 3.63) is 90.4 Å². The Labute approximate surface area is 267 Å². The predicted octanol–water partition coefficient (Wildman–Crippen LogP) is 2.96. The maximum absolute atomic E-state index is 13.3. The molecule has 0 N–H and O–H groups in total. The molecule has 6 heterocycles. The number of aromatic nitrogens is 6. The minimum absolute atomic E-state index is 0.0168. The molecule has 0 atom stereocenters. The van der Waals surface area contributed by atoms with E-state index in [9.17, 15) is 9.59 Å². The van der Waals surface area contributed by atoms with Gasteiger partial charge in [0.05, 0.1) is 23.7 Å². The lowest BCUT2D eigenvalue weighted by Gasteiger charge is -2.35. The number of nitrogens with zero attached hydrogens (tertiary/aromatic N) is 10. The van der Waals surface area contributed by atoms with Gasteiger partial charge in [0.15, 0.2) is 5.78 Å². The van der Waals surface area contributed by atoms with Crippen LogP contribution in [0.25, 0.3) is 22.0 Å². The summed E-state index contributed by atoms with van der Waals surface area (Å²) in [5, 5.41) is 5.16. The third-order valence-corrected chi connectivity index (χ3v) is 8.77. The highest BCUT2D eigenvalue weighted by Crippen LogP contribution is 2.24. The van der Waals surface area contributed by atoms with E-state index in [0.717, 1.165) is 59.8 Å². The zero-order chi connectivity index (χ0) is 31.6. The number of carbonyl (C=O) groups excluding carboxylic acids is 2. The highest BCUT2D eigenvalue weighted by molar-refractivity contribution is 5.98. The molecule has 1 amide bonds. The van der Waals surface area contributed by atoms with E-state index < -0.39 is 0 Å². The summed E-state index contributed by atoms with van der Waals surface area (Å²) in [5.41, 5.74) is 3.95. The molecule has 46 heavy (non-hydrogen) atoms. The predicted molar refractivity (Wildman–Crippen MR) is 176 cm³/mol. The van der Waals surface area contributed by atoms with Gasteiger partial charge in [0.1, 0.15) is 17.5 Å². The van der Waals surface area contributed by atoms with Gasteiger partial charge in [0.2, 0.25) is 0 Å². The van der Waals surface area contributed by atoms with Gasteiger partial charge >= 0.3 is 0 Å². The number of hydrogen-bond donors (Lipinski definition) is 0. The second kappa shape index (κ2) is 12.6. The second-order valence-corrected chi connectivity index (χ2v) is 11.9. The fourth-order valence-corrected chi connectivity index (χ4v) is 5.96. The van der Waals surface area contributed by atoms with Crippen LogP contribution in [-0.4, -0.2) is 111 Å². The molecule has 12 heteroatoms. The average Bonchev–Trinajstić information content (AvgIpc) is 3.54. The minimum atomic E-state index is -0.0762. The smallest absolute Gasteiger partial charge is 0.255 e. The third-order valence-electron chi connectivity index (χ3n) is 8.77. The first kappa shape index (κ1) is 29.5. The van der Waals surface area contributed by atoms with Gasteiger partial charge < -0.3 is 19.6 Å². The number of pyridine rings is 2. The molecule has 2 aliphatic rings. The normalized spacial score (nSPS) is 15.8. The molecule has 0 unspecified atom stereocenters. The van der Waals surface area contributed by atoms with Crippen molar-refractivity contribution in [2.75, 3.05) is 69.2 Å². The van der Waals surface area contributed by atoms with Crippen LogP contribution in [0.1, 0.15) is 26.5 Å². The lowest BCUT2D eigenvalue weighted by molar-refractivity contribution is 0.0746. The van der Waals surface area contributed by atoms with E-state index in [0.29, 0.717) is 43.1 Å². The Morgan fingerprint density at radius 2 is 1.50 bits per heavy atom. The zero-order valence-electron chi connectivity index (χ0n) is 26.1. The van der Waals surface area contributed by atoms with Gasteiger partial charge in [-0.05, 0) is 42.9 Å². The van der Waals surface area contributed by atoms with E-state index in [1.54, 1.807) is 29.3 Å². The van der Waals surface area contributed by atoms with Crippen LogP contribution in [0.2, 0.25) is 0 Å². The minimum Gasteiger partial charge on any atom is -0.354 e. The van der Waals surface area contributed by atoms with Gasteiger partial charge in [0, 0.05) is 101 Å². The molecule has 4 aromatic heterocycles. The van der Waals surface area contributed by atoms with Crippen LogP contribution in [0, 0.1) is 0 Å². The highest BCUT2D eigenvalue weighted by atomic mass is 16.2. The summed E-state index contributed by atoms with van der Waals surface area (Å²) in [4.78, 5) is 53.4. The standard InChI is InChI=1S/C34H36N10O2/c1-40-9-11-42(12-10-40)32-6-5-27(21-37-32)34(46)44-15-13-43(14-16-44)33-18-25(7-8-35-33)30(45)19-31-36-20-26-4-3-24(17-29(26)39-31)28-22-38-41(2)23-28/h3-8,17-18,20-23H,9-16,19H2,1-2H3. The van der Waals surface area contributed by atoms with Crippen molar-refractivity contribution in [1.29, 1.82) is 0 Å². The molecule has 5 aromatic rings. The van der Waals surface area contributed by atoms with E-state index in [-0.39, 0.29) is 18.1 Å². The number of carbonyl (C=O) groups is 2. The topological polar surface area (TPSA) is 116 Å². The van der Waals surface area contributed by atoms with E-state index in [2.05, 4.69) is 41.8 Å². The third kappa shape index (κ3) is 6.29. The van der Waals surface area contributed by atoms with Crippen molar-refractivity contribution < 1.29 is 9.59 Å². The molecule has 7 rings (SSSR count). The van der Waals surface area contributed by atoms with Crippen LogP contribution in [0.5, 0.6) is 0 Å². The van der Waals surface area contributed by atoms with Gasteiger partial charge in [-0.2, -0.15) is 5.10 Å². The van der Waals surface area contributed by atoms with Crippen LogP contribution >= 0.6 is 0 Å². The first-order valence-electron chi connectivity index (χ1n) is 15.6. The number of piperazine rings is 2. The number of amides is 1. The summed E-state index contributed by atoms with van der Waals surface area (Å²) in [6, 6.07) is 13.4. The Kier molecular flexibility index (Phi) is 8.10. The van der Waals surface area contributed by atoms with Crippen molar-refractivity contribution in [1.82, 2.24) is 39.5 Å². The Bertz CT molecular complexity index is 1870. The van der Waals surface area contributed by atoms with Gasteiger partial charge in [-0.3, -0.25) is 14.3 Å². The fraction of sp³-hybridized carbons (Fsp3) is 0.324. The Morgan fingerprint density at radius 3 is 2.24 bits per heavy atom. The molecular weight excluding hydrogens is 580 g/mol. The van der Waals surface area contributed by atoms with Crippen LogP contribution in [-0.2, 0) is 13.5 Å². The molecule has 2 fully saturated rings. The molecule has 1 aromatic carbocycles. The molecule has 0 radical (unpaired) electrons. The summed E-state index contributed by atoms with van der Waals surface area (Å²) in [7, 11) is 4.01. The number of benzene rings is 1. The number of hydrogen-bond acceptors (Lipinski definition) is 10. The Balaban J connectivity index is 0.967. The summed E-state index contributed by atoms with van der Waals surface area (Å²) in [6.07, 6.45) is 8.97. The van der Waals surface area contributed by atoms with E-state index in [1.807, 2.05) is 60.7 Å². The SMILES string of the molecule is CN1CCN(c2ccc(C(=O)N3CCN(c4cc(C(=O)Cc5ncc6ccc(-c7cnn(C)c7)cc6n5)ccn4)CC3)cn2)CC1. The summed E-state index contributed by atoms with van der Waals surface area (Å²) >= 11 is 0. The van der Waals surface area contributed by atoms with Gasteiger partial charge in [-0.25, -0.2) is 19.9 Å². The van der Waals surface area contributed by atoms with Crippen molar-refractivity contribution in [2.45, 2.75) is 6.42 Å². The van der Waals surface area contributed by atoms with E-state index in [1.165, 1.54) is 0 Å². The number of ketones is 1. The molecule has 0 aliphatic carbocycles. The van der Waals surface area contributed by atoms with Crippen molar-refractivity contribution in [3.63, 3.8) is 0 Å². The highest BCUT2D eigenvalue weighted by Gasteiger charge is 2.24.